The van der Waals surface area contributed by atoms with Crippen molar-refractivity contribution in [2.24, 2.45) is 0 Å². The van der Waals surface area contributed by atoms with Crippen LogP contribution in [0.5, 0.6) is 0 Å². The number of esters is 1. The van der Waals surface area contributed by atoms with Crippen molar-refractivity contribution in [2.45, 2.75) is 18.2 Å². The van der Waals surface area contributed by atoms with E-state index in [0.29, 0.717) is 11.4 Å². The molecule has 0 saturated carbocycles. The third kappa shape index (κ3) is 3.84. The molecule has 0 fully saturated rings. The van der Waals surface area contributed by atoms with E-state index in [1.807, 2.05) is 6.92 Å². The number of nitrogens with two attached hydrogens (primary N) is 1. The molecule has 1 aromatic rings. The zero-order valence-corrected chi connectivity index (χ0v) is 12.9. The maximum absolute atomic E-state index is 12.5. The van der Waals surface area contributed by atoms with Gasteiger partial charge in [-0.25, -0.2) is 8.42 Å². The molecule has 0 bridgehead atoms. The number of hydrogen-bond donors (Lipinski definition) is 1. The molecule has 0 aliphatic carbocycles. The standard InChI is InChI=1S/C12H17ClN2O4S/c1-3-6-15(8-12(16)19-2)20(17,18)11-5-4-9(13)7-10(11)14/h4-5,7H,3,6,8,14H2,1-2H3. The quantitative estimate of drug-likeness (QED) is 0.633. The van der Waals surface area contributed by atoms with Gasteiger partial charge in [0.2, 0.25) is 10.0 Å². The average Bonchev–Trinajstić information content (AvgIpc) is 2.37. The fraction of sp³-hybridized carbons (Fsp3) is 0.417. The molecular weight excluding hydrogens is 304 g/mol. The molecule has 6 nitrogen and oxygen atoms in total. The lowest BCUT2D eigenvalue weighted by atomic mass is 10.3. The molecule has 0 saturated heterocycles. The number of nitrogens with zero attached hydrogens (tertiary/aromatic N) is 1. The predicted octanol–water partition coefficient (Wildman–Crippen LogP) is 1.50. The molecule has 0 aliphatic heterocycles. The number of benzene rings is 1. The van der Waals surface area contributed by atoms with Crippen LogP contribution in [0.15, 0.2) is 23.1 Å². The Balaban J connectivity index is 3.18. The molecule has 1 rings (SSSR count). The molecule has 0 aromatic heterocycles. The van der Waals surface area contributed by atoms with Crippen LogP contribution in [0.25, 0.3) is 0 Å². The molecule has 8 heteroatoms. The molecule has 2 N–H and O–H groups in total. The number of carbonyl (C=O) groups is 1. The summed E-state index contributed by atoms with van der Waals surface area (Å²) in [7, 11) is -2.66. The van der Waals surface area contributed by atoms with E-state index >= 15 is 0 Å². The summed E-state index contributed by atoms with van der Waals surface area (Å²) in [6, 6.07) is 4.12. The fourth-order valence-corrected chi connectivity index (χ4v) is 3.39. The third-order valence-corrected chi connectivity index (χ3v) is 4.75. The average molecular weight is 321 g/mol. The number of nitrogen functional groups attached to an aromatic ring is 1. The van der Waals surface area contributed by atoms with Crippen LogP contribution >= 0.6 is 11.6 Å². The van der Waals surface area contributed by atoms with Gasteiger partial charge >= 0.3 is 5.97 Å². The van der Waals surface area contributed by atoms with Gasteiger partial charge in [0.15, 0.2) is 0 Å². The van der Waals surface area contributed by atoms with Gasteiger partial charge in [-0.15, -0.1) is 0 Å². The van der Waals surface area contributed by atoms with E-state index in [-0.39, 0.29) is 23.7 Å². The Bertz CT molecular complexity index is 589. The topological polar surface area (TPSA) is 89.7 Å². The molecule has 20 heavy (non-hydrogen) atoms. The largest absolute Gasteiger partial charge is 0.468 e. The highest BCUT2D eigenvalue weighted by Gasteiger charge is 2.28. The second-order valence-corrected chi connectivity index (χ2v) is 6.44. The number of halogens is 1. The van der Waals surface area contributed by atoms with Crippen LogP contribution in [-0.4, -0.2) is 38.9 Å². The highest BCUT2D eigenvalue weighted by Crippen LogP contribution is 2.25. The normalized spacial score (nSPS) is 11.6. The lowest BCUT2D eigenvalue weighted by Gasteiger charge is -2.21. The Kier molecular flexibility index (Phi) is 5.79. The maximum Gasteiger partial charge on any atom is 0.321 e. The lowest BCUT2D eigenvalue weighted by Crippen LogP contribution is -2.37. The smallest absolute Gasteiger partial charge is 0.321 e. The van der Waals surface area contributed by atoms with Gasteiger partial charge in [0, 0.05) is 11.6 Å². The Morgan fingerprint density at radius 1 is 1.45 bits per heavy atom. The monoisotopic (exact) mass is 320 g/mol. The van der Waals surface area contributed by atoms with E-state index in [4.69, 9.17) is 17.3 Å². The van der Waals surface area contributed by atoms with Crippen LogP contribution in [-0.2, 0) is 19.6 Å². The molecule has 0 heterocycles. The number of carbonyl (C=O) groups excluding carboxylic acids is 1. The number of anilines is 1. The number of methoxy groups -OCH3 is 1. The summed E-state index contributed by atoms with van der Waals surface area (Å²) in [6.07, 6.45) is 0.559. The van der Waals surface area contributed by atoms with Crippen molar-refractivity contribution >= 4 is 33.3 Å². The van der Waals surface area contributed by atoms with E-state index in [0.717, 1.165) is 4.31 Å². The number of ether oxygens (including phenoxy) is 1. The predicted molar refractivity (Wildman–Crippen MR) is 76.9 cm³/mol. The summed E-state index contributed by atoms with van der Waals surface area (Å²) < 4.78 is 30.6. The van der Waals surface area contributed by atoms with Crippen molar-refractivity contribution in [3.8, 4) is 0 Å². The van der Waals surface area contributed by atoms with E-state index in [9.17, 15) is 13.2 Å². The molecule has 0 amide bonds. The second-order valence-electron chi connectivity index (χ2n) is 4.10. The molecule has 0 radical (unpaired) electrons. The van der Waals surface area contributed by atoms with E-state index in [1.165, 1.54) is 25.3 Å². The number of sulfonamides is 1. The van der Waals surface area contributed by atoms with Gasteiger partial charge in [0.1, 0.15) is 11.4 Å². The van der Waals surface area contributed by atoms with Gasteiger partial charge < -0.3 is 10.5 Å². The van der Waals surface area contributed by atoms with Crippen molar-refractivity contribution in [1.29, 1.82) is 0 Å². The Morgan fingerprint density at radius 3 is 2.60 bits per heavy atom. The van der Waals surface area contributed by atoms with E-state index < -0.39 is 16.0 Å². The highest BCUT2D eigenvalue weighted by molar-refractivity contribution is 7.89. The first kappa shape index (κ1) is 16.7. The van der Waals surface area contributed by atoms with Crippen LogP contribution < -0.4 is 5.73 Å². The Morgan fingerprint density at radius 2 is 2.10 bits per heavy atom. The molecule has 112 valence electrons. The molecule has 0 unspecified atom stereocenters. The third-order valence-electron chi connectivity index (χ3n) is 2.60. The zero-order valence-electron chi connectivity index (χ0n) is 11.3. The van der Waals surface area contributed by atoms with Gasteiger partial charge in [0.25, 0.3) is 0 Å². The van der Waals surface area contributed by atoms with Crippen molar-refractivity contribution in [1.82, 2.24) is 4.31 Å². The van der Waals surface area contributed by atoms with Crippen molar-refractivity contribution < 1.29 is 17.9 Å². The van der Waals surface area contributed by atoms with Gasteiger partial charge in [-0.1, -0.05) is 18.5 Å². The Hall–Kier alpha value is -1.31. The SMILES string of the molecule is CCCN(CC(=O)OC)S(=O)(=O)c1ccc(Cl)cc1N. The van der Waals surface area contributed by atoms with Gasteiger partial charge in [-0.05, 0) is 24.6 Å². The van der Waals surface area contributed by atoms with Crippen LogP contribution in [0.1, 0.15) is 13.3 Å². The van der Waals surface area contributed by atoms with Crippen molar-refractivity contribution in [2.75, 3.05) is 25.9 Å². The summed E-state index contributed by atoms with van der Waals surface area (Å²) in [4.78, 5) is 11.3. The summed E-state index contributed by atoms with van der Waals surface area (Å²) in [6.45, 7) is 1.65. The fourth-order valence-electron chi connectivity index (χ4n) is 1.64. The van der Waals surface area contributed by atoms with Gasteiger partial charge in [-0.2, -0.15) is 4.31 Å². The summed E-state index contributed by atoms with van der Waals surface area (Å²) in [5.41, 5.74) is 5.74. The minimum atomic E-state index is -3.87. The molecule has 0 spiro atoms. The first-order valence-electron chi connectivity index (χ1n) is 5.95. The summed E-state index contributed by atoms with van der Waals surface area (Å²) in [5, 5.41) is 0.344. The maximum atomic E-state index is 12.5. The summed E-state index contributed by atoms with van der Waals surface area (Å²) >= 11 is 5.75. The zero-order chi connectivity index (χ0) is 15.3. The lowest BCUT2D eigenvalue weighted by molar-refractivity contribution is -0.140. The van der Waals surface area contributed by atoms with Gasteiger partial charge in [-0.3, -0.25) is 4.79 Å². The minimum Gasteiger partial charge on any atom is -0.468 e. The first-order chi connectivity index (χ1) is 9.32. The highest BCUT2D eigenvalue weighted by atomic mass is 35.5. The number of hydrogen-bond acceptors (Lipinski definition) is 5. The molecule has 0 atom stereocenters. The number of rotatable bonds is 6. The van der Waals surface area contributed by atoms with E-state index in [2.05, 4.69) is 4.74 Å². The van der Waals surface area contributed by atoms with Crippen LogP contribution in [0.4, 0.5) is 5.69 Å². The van der Waals surface area contributed by atoms with Crippen molar-refractivity contribution in [3.63, 3.8) is 0 Å². The van der Waals surface area contributed by atoms with Gasteiger partial charge in [0.05, 0.1) is 12.8 Å². The molecule has 1 aromatic carbocycles. The summed E-state index contributed by atoms with van der Waals surface area (Å²) in [5.74, 6) is -0.630. The van der Waals surface area contributed by atoms with Crippen LogP contribution in [0, 0.1) is 0 Å². The minimum absolute atomic E-state index is 0.0449. The molecular formula is C12H17ClN2O4S. The van der Waals surface area contributed by atoms with E-state index in [1.54, 1.807) is 0 Å². The van der Waals surface area contributed by atoms with Crippen LogP contribution in [0.2, 0.25) is 5.02 Å². The Labute approximate surface area is 123 Å². The molecule has 0 aliphatic rings. The van der Waals surface area contributed by atoms with Crippen molar-refractivity contribution in [3.05, 3.63) is 23.2 Å². The first-order valence-corrected chi connectivity index (χ1v) is 7.76. The van der Waals surface area contributed by atoms with Crippen LogP contribution in [0.3, 0.4) is 0 Å². The second kappa shape index (κ2) is 6.92.